The Kier molecular flexibility index (Phi) is 2.08. The lowest BCUT2D eigenvalue weighted by Gasteiger charge is -2.01. The maximum absolute atomic E-state index is 12.1. The molecule has 3 aromatic heterocycles. The Balaban J connectivity index is 2.73. The van der Waals surface area contributed by atoms with Crippen molar-refractivity contribution in [2.75, 3.05) is 0 Å². The molecule has 3 heterocycles. The highest BCUT2D eigenvalue weighted by molar-refractivity contribution is 9.11. The number of hydrogen-bond acceptors (Lipinski definition) is 4. The first-order valence-electron chi connectivity index (χ1n) is 4.74. The summed E-state index contributed by atoms with van der Waals surface area (Å²) < 4.78 is 5.05. The van der Waals surface area contributed by atoms with Gasteiger partial charge in [-0.1, -0.05) is 11.3 Å². The zero-order valence-corrected chi connectivity index (χ0v) is 11.4. The molecule has 8 heteroatoms. The van der Waals surface area contributed by atoms with E-state index in [1.807, 2.05) is 0 Å². The van der Waals surface area contributed by atoms with Gasteiger partial charge in [0.15, 0.2) is 16.1 Å². The van der Waals surface area contributed by atoms with E-state index in [9.17, 15) is 9.59 Å². The number of thiazole rings is 1. The van der Waals surface area contributed by atoms with Gasteiger partial charge in [0.05, 0.1) is 3.79 Å². The van der Waals surface area contributed by atoms with Crippen LogP contribution in [0.1, 0.15) is 0 Å². The number of aryl methyl sites for hydroxylation is 1. The summed E-state index contributed by atoms with van der Waals surface area (Å²) in [5.74, 6) is 0. The zero-order valence-electron chi connectivity index (χ0n) is 8.97. The van der Waals surface area contributed by atoms with Crippen LogP contribution in [-0.4, -0.2) is 18.5 Å². The van der Waals surface area contributed by atoms with Crippen LogP contribution >= 0.6 is 27.3 Å². The van der Waals surface area contributed by atoms with Gasteiger partial charge in [0.25, 0.3) is 5.56 Å². The lowest BCUT2D eigenvalue weighted by molar-refractivity contribution is 0.708. The minimum Gasteiger partial charge on any atom is -0.283 e. The molecule has 3 aromatic rings. The summed E-state index contributed by atoms with van der Waals surface area (Å²) in [5.41, 5.74) is 0.136. The van der Waals surface area contributed by atoms with Gasteiger partial charge in [0.1, 0.15) is 0 Å². The van der Waals surface area contributed by atoms with Crippen molar-refractivity contribution in [1.82, 2.24) is 18.5 Å². The summed E-state index contributed by atoms with van der Waals surface area (Å²) in [4.78, 5) is 28.8. The number of imidazole rings is 1. The number of aromatic nitrogens is 4. The Morgan fingerprint density at radius 2 is 2.00 bits per heavy atom. The van der Waals surface area contributed by atoms with E-state index in [0.717, 1.165) is 8.35 Å². The summed E-state index contributed by atoms with van der Waals surface area (Å²) in [5, 5.41) is 0. The monoisotopic (exact) mass is 314 g/mol. The Morgan fingerprint density at radius 3 is 2.71 bits per heavy atom. The van der Waals surface area contributed by atoms with Crippen LogP contribution in [0, 0.1) is 0 Å². The maximum atomic E-state index is 12.1. The summed E-state index contributed by atoms with van der Waals surface area (Å²) in [7, 11) is 3.07. The fourth-order valence-corrected chi connectivity index (χ4v) is 3.15. The second-order valence-corrected chi connectivity index (χ2v) is 6.07. The van der Waals surface area contributed by atoms with Crippen molar-refractivity contribution < 1.29 is 0 Å². The lowest BCUT2D eigenvalue weighted by atomic mass is 10.5. The van der Waals surface area contributed by atoms with Gasteiger partial charge in [-0.2, -0.15) is 0 Å². The predicted octanol–water partition coefficient (Wildman–Crippen LogP) is 0.709. The van der Waals surface area contributed by atoms with Gasteiger partial charge < -0.3 is 0 Å². The van der Waals surface area contributed by atoms with Crippen LogP contribution in [0.4, 0.5) is 0 Å². The molecule has 88 valence electrons. The molecule has 0 fully saturated rings. The minimum atomic E-state index is -0.368. The van der Waals surface area contributed by atoms with Crippen molar-refractivity contribution >= 4 is 43.4 Å². The molecule has 0 aliphatic carbocycles. The molecule has 6 nitrogen and oxygen atoms in total. The topological polar surface area (TPSA) is 61.3 Å². The molecule has 0 unspecified atom stereocenters. The number of halogens is 1. The molecule has 0 bridgehead atoms. The molecular weight excluding hydrogens is 308 g/mol. The Morgan fingerprint density at radius 1 is 1.29 bits per heavy atom. The average Bonchev–Trinajstić information content (AvgIpc) is 2.79. The van der Waals surface area contributed by atoms with Crippen molar-refractivity contribution in [1.29, 1.82) is 0 Å². The highest BCUT2D eigenvalue weighted by Crippen LogP contribution is 2.24. The molecule has 3 rings (SSSR count). The first-order chi connectivity index (χ1) is 8.00. The molecule has 0 amide bonds. The van der Waals surface area contributed by atoms with Crippen LogP contribution in [0.25, 0.3) is 16.1 Å². The van der Waals surface area contributed by atoms with E-state index >= 15 is 0 Å². The average molecular weight is 315 g/mol. The predicted molar refractivity (Wildman–Crippen MR) is 68.8 cm³/mol. The molecule has 17 heavy (non-hydrogen) atoms. The van der Waals surface area contributed by atoms with E-state index < -0.39 is 0 Å². The van der Waals surface area contributed by atoms with Crippen molar-refractivity contribution in [2.45, 2.75) is 0 Å². The second-order valence-electron chi connectivity index (χ2n) is 3.68. The molecule has 0 spiro atoms. The van der Waals surface area contributed by atoms with Gasteiger partial charge in [-0.05, 0) is 15.9 Å². The molecule has 0 aliphatic heterocycles. The highest BCUT2D eigenvalue weighted by Gasteiger charge is 2.16. The number of rotatable bonds is 0. The summed E-state index contributed by atoms with van der Waals surface area (Å²) >= 11 is 4.76. The van der Waals surface area contributed by atoms with Crippen LogP contribution < -0.4 is 11.2 Å². The smallest absolute Gasteiger partial charge is 0.283 e. The molecule has 0 N–H and O–H groups in total. The fourth-order valence-electron chi connectivity index (χ4n) is 1.80. The van der Waals surface area contributed by atoms with Crippen LogP contribution in [-0.2, 0) is 14.1 Å². The van der Waals surface area contributed by atoms with Gasteiger partial charge in [-0.3, -0.25) is 18.3 Å². The lowest BCUT2D eigenvalue weighted by Crippen LogP contribution is -2.37. The van der Waals surface area contributed by atoms with E-state index in [2.05, 4.69) is 20.9 Å². The molecule has 0 atom stereocenters. The zero-order chi connectivity index (χ0) is 12.3. The molecule has 0 radical (unpaired) electrons. The van der Waals surface area contributed by atoms with Gasteiger partial charge in [0.2, 0.25) is 0 Å². The van der Waals surface area contributed by atoms with Crippen molar-refractivity contribution in [3.8, 4) is 0 Å². The minimum absolute atomic E-state index is 0.332. The van der Waals surface area contributed by atoms with Gasteiger partial charge in [0, 0.05) is 20.3 Å². The van der Waals surface area contributed by atoms with E-state index in [0.29, 0.717) is 16.1 Å². The van der Waals surface area contributed by atoms with Gasteiger partial charge in [-0.15, -0.1) is 0 Å². The van der Waals surface area contributed by atoms with Crippen LogP contribution in [0.15, 0.2) is 19.6 Å². The molecule has 0 aliphatic rings. The van der Waals surface area contributed by atoms with Crippen molar-refractivity contribution in [3.63, 3.8) is 0 Å². The maximum Gasteiger partial charge on any atom is 0.332 e. The summed E-state index contributed by atoms with van der Waals surface area (Å²) in [6, 6.07) is 0. The Labute approximate surface area is 107 Å². The van der Waals surface area contributed by atoms with E-state index in [4.69, 9.17) is 0 Å². The molecule has 0 saturated heterocycles. The molecule has 0 saturated carbocycles. The fraction of sp³-hybridized carbons (Fsp3) is 0.222. The van der Waals surface area contributed by atoms with Crippen LogP contribution in [0.5, 0.6) is 0 Å². The third kappa shape index (κ3) is 1.27. The second kappa shape index (κ2) is 3.30. The van der Waals surface area contributed by atoms with Crippen LogP contribution in [0.2, 0.25) is 0 Å². The standard InChI is InChI=1S/C9H7BrN4O2S/c1-12-6-5(7(15)13(2)9(12)16)14-3-4(10)17-8(14)11-6/h3H,1-2H3. The van der Waals surface area contributed by atoms with Gasteiger partial charge >= 0.3 is 5.69 Å². The SMILES string of the molecule is Cn1c(=O)c2c(nc3sc(Br)cn32)n(C)c1=O. The Hall–Kier alpha value is -1.41. The number of hydrogen-bond donors (Lipinski definition) is 0. The number of fused-ring (bicyclic) bond motifs is 3. The first-order valence-corrected chi connectivity index (χ1v) is 6.35. The van der Waals surface area contributed by atoms with Crippen molar-refractivity contribution in [2.24, 2.45) is 14.1 Å². The Bertz CT molecular complexity index is 869. The normalized spacial score (nSPS) is 11.7. The molecular formula is C9H7BrN4O2S. The highest BCUT2D eigenvalue weighted by atomic mass is 79.9. The third-order valence-electron chi connectivity index (χ3n) is 2.68. The van der Waals surface area contributed by atoms with Crippen molar-refractivity contribution in [3.05, 3.63) is 30.8 Å². The summed E-state index contributed by atoms with van der Waals surface area (Å²) in [6.07, 6.45) is 1.78. The van der Waals surface area contributed by atoms with Crippen LogP contribution in [0.3, 0.4) is 0 Å². The summed E-state index contributed by atoms with van der Waals surface area (Å²) in [6.45, 7) is 0. The third-order valence-corrected chi connectivity index (χ3v) is 4.14. The van der Waals surface area contributed by atoms with E-state index in [1.54, 1.807) is 17.6 Å². The number of nitrogens with zero attached hydrogens (tertiary/aromatic N) is 4. The first kappa shape index (κ1) is 10.7. The quantitative estimate of drug-likeness (QED) is 0.614. The van der Waals surface area contributed by atoms with E-state index in [-0.39, 0.29) is 11.2 Å². The largest absolute Gasteiger partial charge is 0.332 e. The molecule has 0 aromatic carbocycles. The van der Waals surface area contributed by atoms with Gasteiger partial charge in [-0.25, -0.2) is 9.78 Å². The van der Waals surface area contributed by atoms with E-state index in [1.165, 1.54) is 23.0 Å².